The van der Waals surface area contributed by atoms with Crippen LogP contribution in [0, 0.1) is 5.92 Å². The predicted molar refractivity (Wildman–Crippen MR) is 59.3 cm³/mol. The van der Waals surface area contributed by atoms with Gasteiger partial charge in [-0.05, 0) is 25.2 Å². The van der Waals surface area contributed by atoms with Crippen molar-refractivity contribution in [3.63, 3.8) is 0 Å². The summed E-state index contributed by atoms with van der Waals surface area (Å²) in [6.07, 6.45) is 6.54. The summed E-state index contributed by atoms with van der Waals surface area (Å²) in [5, 5.41) is 0. The van der Waals surface area contributed by atoms with Gasteiger partial charge in [0.2, 0.25) is 5.79 Å². The quantitative estimate of drug-likeness (QED) is 0.295. The molecule has 0 spiro atoms. The summed E-state index contributed by atoms with van der Waals surface area (Å²) in [6.45, 7) is 5.01. The lowest BCUT2D eigenvalue weighted by Gasteiger charge is -2.33. The smallest absolute Gasteiger partial charge is 0.201 e. The van der Waals surface area contributed by atoms with Crippen LogP contribution in [0.4, 0.5) is 0 Å². The third kappa shape index (κ3) is 4.49. The fourth-order valence-corrected chi connectivity index (χ4v) is 1.84. The van der Waals surface area contributed by atoms with Crippen LogP contribution in [0.1, 0.15) is 52.4 Å². The molecule has 0 radical (unpaired) electrons. The van der Waals surface area contributed by atoms with Gasteiger partial charge in [0, 0.05) is 20.0 Å². The second-order valence-corrected chi connectivity index (χ2v) is 4.76. The van der Waals surface area contributed by atoms with Crippen molar-refractivity contribution < 1.29 is 14.5 Å². The van der Waals surface area contributed by atoms with Gasteiger partial charge >= 0.3 is 0 Å². The molecule has 1 saturated carbocycles. The Balaban J connectivity index is 2.20. The topological polar surface area (TPSA) is 27.7 Å². The van der Waals surface area contributed by atoms with E-state index in [1.807, 2.05) is 0 Å². The van der Waals surface area contributed by atoms with E-state index in [0.717, 1.165) is 19.3 Å². The Hall–Kier alpha value is -0.120. The molecule has 0 unspecified atom stereocenters. The molecule has 0 amide bonds. The number of rotatable bonds is 6. The molecule has 1 fully saturated rings. The lowest BCUT2D eigenvalue weighted by Crippen LogP contribution is -2.37. The maximum absolute atomic E-state index is 5.45. The molecule has 0 atom stereocenters. The van der Waals surface area contributed by atoms with Crippen LogP contribution in [0.5, 0.6) is 0 Å². The minimum Gasteiger partial charge on any atom is -0.351 e. The van der Waals surface area contributed by atoms with Gasteiger partial charge < -0.3 is 4.74 Å². The molecule has 1 aliphatic carbocycles. The van der Waals surface area contributed by atoms with Gasteiger partial charge in [-0.15, -0.1) is 0 Å². The molecule has 0 aromatic carbocycles. The van der Waals surface area contributed by atoms with Crippen molar-refractivity contribution in [1.82, 2.24) is 0 Å². The van der Waals surface area contributed by atoms with E-state index >= 15 is 0 Å². The number of methoxy groups -OCH3 is 1. The highest BCUT2D eigenvalue weighted by Crippen LogP contribution is 2.32. The summed E-state index contributed by atoms with van der Waals surface area (Å²) < 4.78 is 5.44. The largest absolute Gasteiger partial charge is 0.351 e. The first-order valence-electron chi connectivity index (χ1n) is 6.04. The highest BCUT2D eigenvalue weighted by atomic mass is 17.2. The number of hydrogen-bond donors (Lipinski definition) is 0. The third-order valence-corrected chi connectivity index (χ3v) is 2.98. The van der Waals surface area contributed by atoms with Crippen molar-refractivity contribution in [3.05, 3.63) is 0 Å². The maximum Gasteiger partial charge on any atom is 0.201 e. The molecular weight excluding hydrogens is 192 g/mol. The monoisotopic (exact) mass is 216 g/mol. The van der Waals surface area contributed by atoms with Gasteiger partial charge in [-0.3, -0.25) is 0 Å². The van der Waals surface area contributed by atoms with Crippen LogP contribution in [0.2, 0.25) is 0 Å². The van der Waals surface area contributed by atoms with E-state index in [2.05, 4.69) is 13.8 Å². The van der Waals surface area contributed by atoms with Crippen molar-refractivity contribution >= 4 is 0 Å². The Morgan fingerprint density at radius 1 is 1.13 bits per heavy atom. The van der Waals surface area contributed by atoms with Gasteiger partial charge in [-0.25, -0.2) is 9.78 Å². The van der Waals surface area contributed by atoms with Crippen LogP contribution in [0.25, 0.3) is 0 Å². The van der Waals surface area contributed by atoms with E-state index in [0.29, 0.717) is 12.5 Å². The first kappa shape index (κ1) is 12.9. The third-order valence-electron chi connectivity index (χ3n) is 2.98. The van der Waals surface area contributed by atoms with Crippen molar-refractivity contribution in [2.24, 2.45) is 5.92 Å². The summed E-state index contributed by atoms with van der Waals surface area (Å²) in [5.74, 6) is 0.188. The predicted octanol–water partition coefficient (Wildman–Crippen LogP) is 3.29. The molecule has 0 aliphatic heterocycles. The fourth-order valence-electron chi connectivity index (χ4n) is 1.84. The molecule has 0 N–H and O–H groups in total. The Kier molecular flexibility index (Phi) is 5.58. The Labute approximate surface area is 93.0 Å². The average molecular weight is 216 g/mol. The molecule has 0 heterocycles. The minimum absolute atomic E-state index is 0.463. The summed E-state index contributed by atoms with van der Waals surface area (Å²) >= 11 is 0. The van der Waals surface area contributed by atoms with E-state index in [1.165, 1.54) is 19.3 Å². The van der Waals surface area contributed by atoms with Gasteiger partial charge in [0.25, 0.3) is 0 Å². The van der Waals surface area contributed by atoms with Crippen molar-refractivity contribution in [1.29, 1.82) is 0 Å². The molecule has 1 aliphatic rings. The summed E-state index contributed by atoms with van der Waals surface area (Å²) in [6, 6.07) is 0. The van der Waals surface area contributed by atoms with E-state index in [9.17, 15) is 0 Å². The van der Waals surface area contributed by atoms with Crippen LogP contribution in [-0.2, 0) is 14.5 Å². The fraction of sp³-hybridized carbons (Fsp3) is 1.00. The molecule has 15 heavy (non-hydrogen) atoms. The molecule has 0 bridgehead atoms. The maximum atomic E-state index is 5.45. The van der Waals surface area contributed by atoms with Crippen molar-refractivity contribution in [3.8, 4) is 0 Å². The van der Waals surface area contributed by atoms with Crippen molar-refractivity contribution in [2.75, 3.05) is 13.7 Å². The van der Waals surface area contributed by atoms with Gasteiger partial charge in [-0.2, -0.15) is 0 Å². The van der Waals surface area contributed by atoms with Gasteiger partial charge in [0.1, 0.15) is 0 Å². The van der Waals surface area contributed by atoms with E-state index in [-0.39, 0.29) is 0 Å². The van der Waals surface area contributed by atoms with E-state index in [4.69, 9.17) is 14.5 Å². The zero-order chi connectivity index (χ0) is 11.1. The lowest BCUT2D eigenvalue weighted by molar-refractivity contribution is -0.431. The van der Waals surface area contributed by atoms with Crippen LogP contribution in [-0.4, -0.2) is 19.5 Å². The molecule has 0 saturated heterocycles. The standard InChI is InChI=1S/C12H24O3/c1-11(2)7-10-14-15-12(13-3)8-5-4-6-9-12/h11H,4-10H2,1-3H3. The molecular formula is C12H24O3. The second-order valence-electron chi connectivity index (χ2n) is 4.76. The number of ether oxygens (including phenoxy) is 1. The molecule has 3 heteroatoms. The minimum atomic E-state index is -0.463. The van der Waals surface area contributed by atoms with Crippen molar-refractivity contribution in [2.45, 2.75) is 58.2 Å². The molecule has 1 rings (SSSR count). The zero-order valence-electron chi connectivity index (χ0n) is 10.3. The zero-order valence-corrected chi connectivity index (χ0v) is 10.3. The Morgan fingerprint density at radius 3 is 2.33 bits per heavy atom. The average Bonchev–Trinajstić information content (AvgIpc) is 2.26. The normalized spacial score (nSPS) is 20.8. The highest BCUT2D eigenvalue weighted by molar-refractivity contribution is 4.73. The van der Waals surface area contributed by atoms with Crippen LogP contribution in [0.15, 0.2) is 0 Å². The van der Waals surface area contributed by atoms with Gasteiger partial charge in [0.15, 0.2) is 0 Å². The Bertz CT molecular complexity index is 162. The SMILES string of the molecule is COC1(OOCCC(C)C)CCCCC1. The molecule has 0 aromatic rings. The van der Waals surface area contributed by atoms with Crippen LogP contribution >= 0.6 is 0 Å². The molecule has 3 nitrogen and oxygen atoms in total. The molecule has 0 aromatic heterocycles. The summed E-state index contributed by atoms with van der Waals surface area (Å²) in [7, 11) is 1.71. The lowest BCUT2D eigenvalue weighted by atomic mass is 9.94. The van der Waals surface area contributed by atoms with Crippen LogP contribution < -0.4 is 0 Å². The van der Waals surface area contributed by atoms with Gasteiger partial charge in [0.05, 0.1) is 6.61 Å². The number of hydrogen-bond acceptors (Lipinski definition) is 3. The second kappa shape index (κ2) is 6.46. The first-order valence-corrected chi connectivity index (χ1v) is 6.04. The summed E-state index contributed by atoms with van der Waals surface area (Å²) in [5.41, 5.74) is 0. The van der Waals surface area contributed by atoms with E-state index in [1.54, 1.807) is 7.11 Å². The van der Waals surface area contributed by atoms with Gasteiger partial charge in [-0.1, -0.05) is 20.3 Å². The Morgan fingerprint density at radius 2 is 1.80 bits per heavy atom. The van der Waals surface area contributed by atoms with E-state index < -0.39 is 5.79 Å². The summed E-state index contributed by atoms with van der Waals surface area (Å²) in [4.78, 5) is 10.7. The highest BCUT2D eigenvalue weighted by Gasteiger charge is 2.34. The molecule has 90 valence electrons. The first-order chi connectivity index (χ1) is 7.18. The van der Waals surface area contributed by atoms with Crippen LogP contribution in [0.3, 0.4) is 0 Å².